The van der Waals surface area contributed by atoms with Gasteiger partial charge in [0, 0.05) is 79.1 Å². The number of nitrogens with one attached hydrogen (secondary N) is 2. The molecule has 1 aliphatic heterocycles. The molecule has 8 heteroatoms. The molecule has 222 valence electrons. The van der Waals surface area contributed by atoms with Gasteiger partial charge in [-0.05, 0) is 61.2 Å². The second kappa shape index (κ2) is 13.6. The second-order valence-electron chi connectivity index (χ2n) is 11.2. The molecule has 5 rings (SSSR count). The molecule has 2 N–H and O–H groups in total. The van der Waals surface area contributed by atoms with E-state index >= 15 is 0 Å². The summed E-state index contributed by atoms with van der Waals surface area (Å²) in [6.07, 6.45) is 5.83. The lowest BCUT2D eigenvalue weighted by Crippen LogP contribution is -2.33. The fraction of sp³-hybridized carbons (Fsp3) is 0.382. The third kappa shape index (κ3) is 6.74. The Morgan fingerprint density at radius 2 is 1.90 bits per heavy atom. The van der Waals surface area contributed by atoms with E-state index in [1.807, 2.05) is 12.3 Å². The van der Waals surface area contributed by atoms with Crippen molar-refractivity contribution in [2.45, 2.75) is 52.1 Å². The Hall–Kier alpha value is -3.55. The monoisotopic (exact) mass is 588 g/mol. The van der Waals surface area contributed by atoms with Crippen LogP contribution in [-0.4, -0.2) is 57.1 Å². The molecule has 1 saturated heterocycles. The first-order chi connectivity index (χ1) is 20.4. The summed E-state index contributed by atoms with van der Waals surface area (Å²) in [6, 6.07) is 15.9. The number of imidazole rings is 1. The highest BCUT2D eigenvalue weighted by Gasteiger charge is 2.20. The molecule has 0 amide bonds. The van der Waals surface area contributed by atoms with Gasteiger partial charge < -0.3 is 19.8 Å². The average Bonchev–Trinajstić information content (AvgIpc) is 3.55. The molecule has 0 atom stereocenters. The zero-order valence-electron chi connectivity index (χ0n) is 24.8. The lowest BCUT2D eigenvalue weighted by molar-refractivity contribution is 0.267. The maximum Gasteiger partial charge on any atom is 0.129 e. The van der Waals surface area contributed by atoms with Gasteiger partial charge in [0.25, 0.3) is 0 Å². The minimum Gasteiger partial charge on any atom is -0.379 e. The molecule has 2 aromatic heterocycles. The smallest absolute Gasteiger partial charge is 0.129 e. The van der Waals surface area contributed by atoms with Gasteiger partial charge in [-0.2, -0.15) is 0 Å². The van der Waals surface area contributed by atoms with Crippen molar-refractivity contribution in [3.63, 3.8) is 0 Å². The fourth-order valence-corrected chi connectivity index (χ4v) is 6.17. The van der Waals surface area contributed by atoms with Crippen LogP contribution in [0, 0.1) is 5.82 Å². The zero-order chi connectivity index (χ0) is 29.6. The number of fused-ring (bicyclic) bond motifs is 1. The Morgan fingerprint density at radius 3 is 2.64 bits per heavy atom. The van der Waals surface area contributed by atoms with E-state index < -0.39 is 0 Å². The molecule has 4 aromatic rings. The van der Waals surface area contributed by atoms with E-state index in [0.29, 0.717) is 29.7 Å². The Morgan fingerprint density at radius 1 is 1.07 bits per heavy atom. The zero-order valence-corrected chi connectivity index (χ0v) is 25.6. The van der Waals surface area contributed by atoms with Crippen LogP contribution < -0.4 is 5.32 Å². The molecule has 0 unspecified atom stereocenters. The fourth-order valence-electron chi connectivity index (χ4n) is 5.94. The minimum atomic E-state index is -0.243. The molecule has 1 fully saturated rings. The SMILES string of the molecule is C=C(NCC(=C)N1CCCN(Cc2c(F)cccc2Cl)CC1)c1ccc2c(c1)nc(Cc1ccc[nH]1)n2C(CC)CC. The van der Waals surface area contributed by atoms with Crippen molar-refractivity contribution in [1.82, 2.24) is 29.7 Å². The Labute approximate surface area is 253 Å². The van der Waals surface area contributed by atoms with Crippen molar-refractivity contribution < 1.29 is 4.39 Å². The van der Waals surface area contributed by atoms with E-state index in [1.165, 1.54) is 6.07 Å². The molecule has 2 aromatic carbocycles. The number of H-pyrrole nitrogens is 1. The molecular formula is C34H42ClFN6. The maximum atomic E-state index is 14.3. The summed E-state index contributed by atoms with van der Waals surface area (Å²) in [4.78, 5) is 13.0. The van der Waals surface area contributed by atoms with Crippen LogP contribution in [0.5, 0.6) is 0 Å². The summed E-state index contributed by atoms with van der Waals surface area (Å²) >= 11 is 6.27. The summed E-state index contributed by atoms with van der Waals surface area (Å²) in [5, 5.41) is 3.98. The molecule has 1 aliphatic rings. The predicted molar refractivity (Wildman–Crippen MR) is 172 cm³/mol. The number of hydrogen-bond acceptors (Lipinski definition) is 4. The maximum absolute atomic E-state index is 14.3. The van der Waals surface area contributed by atoms with Crippen LogP contribution >= 0.6 is 11.6 Å². The Kier molecular flexibility index (Phi) is 9.70. The van der Waals surface area contributed by atoms with Crippen LogP contribution in [-0.2, 0) is 13.0 Å². The van der Waals surface area contributed by atoms with Gasteiger partial charge in [0.15, 0.2) is 0 Å². The van der Waals surface area contributed by atoms with Gasteiger partial charge in [0.1, 0.15) is 11.6 Å². The molecule has 3 heterocycles. The van der Waals surface area contributed by atoms with Crippen LogP contribution in [0.1, 0.15) is 61.8 Å². The van der Waals surface area contributed by atoms with Gasteiger partial charge in [-0.3, -0.25) is 4.90 Å². The standard InChI is InChI=1S/C34H42ClFN6/c1-5-28(6-2)42-33-14-13-26(20-32(33)39-34(42)21-27-10-8-15-37-27)25(4)38-22-24(3)41-17-9-16-40(18-19-41)23-29-30(35)11-7-12-31(29)36/h7-8,10-15,20,28,37-38H,3-6,9,16-19,21-23H2,1-2H3. The highest BCUT2D eigenvalue weighted by Crippen LogP contribution is 2.29. The number of aromatic nitrogens is 3. The lowest BCUT2D eigenvalue weighted by Gasteiger charge is -2.26. The summed E-state index contributed by atoms with van der Waals surface area (Å²) in [5.74, 6) is 0.839. The van der Waals surface area contributed by atoms with Gasteiger partial charge in [0.2, 0.25) is 0 Å². The van der Waals surface area contributed by atoms with Gasteiger partial charge in [-0.15, -0.1) is 0 Å². The average molecular weight is 589 g/mol. The van der Waals surface area contributed by atoms with Crippen molar-refractivity contribution in [3.05, 3.63) is 107 Å². The lowest BCUT2D eigenvalue weighted by atomic mass is 10.1. The van der Waals surface area contributed by atoms with Gasteiger partial charge in [0.05, 0.1) is 17.6 Å². The molecule has 0 radical (unpaired) electrons. The second-order valence-corrected chi connectivity index (χ2v) is 11.6. The van der Waals surface area contributed by atoms with Crippen LogP contribution in [0.15, 0.2) is 73.6 Å². The van der Waals surface area contributed by atoms with Crippen LogP contribution in [0.2, 0.25) is 5.02 Å². The van der Waals surface area contributed by atoms with Crippen LogP contribution in [0.25, 0.3) is 16.7 Å². The van der Waals surface area contributed by atoms with Crippen LogP contribution in [0.3, 0.4) is 0 Å². The summed E-state index contributed by atoms with van der Waals surface area (Å²) in [6.45, 7) is 17.8. The highest BCUT2D eigenvalue weighted by molar-refractivity contribution is 6.31. The van der Waals surface area contributed by atoms with Gasteiger partial charge in [-0.1, -0.05) is 50.7 Å². The van der Waals surface area contributed by atoms with E-state index in [2.05, 4.69) is 75.9 Å². The minimum absolute atomic E-state index is 0.243. The number of aromatic amines is 1. The van der Waals surface area contributed by atoms with Crippen molar-refractivity contribution in [3.8, 4) is 0 Å². The molecule has 0 bridgehead atoms. The number of rotatable bonds is 12. The number of nitrogens with zero attached hydrogens (tertiary/aromatic N) is 4. The molecular weight excluding hydrogens is 547 g/mol. The molecule has 0 spiro atoms. The number of benzene rings is 2. The van der Waals surface area contributed by atoms with E-state index in [9.17, 15) is 4.39 Å². The largest absolute Gasteiger partial charge is 0.379 e. The number of halogens is 2. The molecule has 0 aliphatic carbocycles. The van der Waals surface area contributed by atoms with E-state index in [0.717, 1.165) is 91.4 Å². The topological polar surface area (TPSA) is 52.1 Å². The Bertz CT molecular complexity index is 1500. The first-order valence-corrected chi connectivity index (χ1v) is 15.4. The van der Waals surface area contributed by atoms with Crippen molar-refractivity contribution in [2.75, 3.05) is 32.7 Å². The number of hydrogen-bond donors (Lipinski definition) is 2. The third-order valence-corrected chi connectivity index (χ3v) is 8.77. The van der Waals surface area contributed by atoms with Gasteiger partial charge in [-0.25, -0.2) is 9.37 Å². The first-order valence-electron chi connectivity index (χ1n) is 15.0. The quantitative estimate of drug-likeness (QED) is 0.181. The molecule has 0 saturated carbocycles. The van der Waals surface area contributed by atoms with E-state index in [4.69, 9.17) is 16.6 Å². The summed E-state index contributed by atoms with van der Waals surface area (Å²) in [7, 11) is 0. The molecule has 6 nitrogen and oxygen atoms in total. The van der Waals surface area contributed by atoms with Crippen molar-refractivity contribution in [1.29, 1.82) is 0 Å². The Balaban J connectivity index is 1.21. The first kappa shape index (κ1) is 29.9. The van der Waals surface area contributed by atoms with E-state index in [1.54, 1.807) is 12.1 Å². The van der Waals surface area contributed by atoms with Crippen molar-refractivity contribution in [2.24, 2.45) is 0 Å². The predicted octanol–water partition coefficient (Wildman–Crippen LogP) is 7.39. The summed E-state index contributed by atoms with van der Waals surface area (Å²) < 4.78 is 16.7. The van der Waals surface area contributed by atoms with E-state index in [-0.39, 0.29) is 5.82 Å². The highest BCUT2D eigenvalue weighted by atomic mass is 35.5. The van der Waals surface area contributed by atoms with Crippen LogP contribution in [0.4, 0.5) is 4.39 Å². The third-order valence-electron chi connectivity index (χ3n) is 8.41. The molecule has 42 heavy (non-hydrogen) atoms. The van der Waals surface area contributed by atoms with Gasteiger partial charge >= 0.3 is 0 Å². The van der Waals surface area contributed by atoms with Crippen molar-refractivity contribution >= 4 is 28.3 Å². The normalized spacial score (nSPS) is 14.5. The summed E-state index contributed by atoms with van der Waals surface area (Å²) in [5.41, 5.74) is 6.79.